The van der Waals surface area contributed by atoms with Gasteiger partial charge in [0.15, 0.2) is 5.69 Å². The van der Waals surface area contributed by atoms with Gasteiger partial charge < -0.3 is 10.8 Å². The maximum Gasteiger partial charge on any atom is 0.296 e. The maximum absolute atomic E-state index is 12.3. The molecule has 0 unspecified atom stereocenters. The van der Waals surface area contributed by atoms with E-state index in [1.165, 1.54) is 19.1 Å². The predicted octanol–water partition coefficient (Wildman–Crippen LogP) is 2.78. The largest absolute Gasteiger partial charge is 0.493 e. The summed E-state index contributed by atoms with van der Waals surface area (Å²) in [6.07, 6.45) is 0. The van der Waals surface area contributed by atoms with Gasteiger partial charge in [0.1, 0.15) is 9.92 Å². The zero-order valence-electron chi connectivity index (χ0n) is 13.3. The zero-order chi connectivity index (χ0) is 18.9. The molecule has 0 aliphatic heterocycles. The summed E-state index contributed by atoms with van der Waals surface area (Å²) in [4.78, 5) is 11.9. The fourth-order valence-corrected chi connectivity index (χ4v) is 2.91. The number of aromatic hydroxyl groups is 1. The highest BCUT2D eigenvalue weighted by molar-refractivity contribution is 7.86. The molecule has 0 saturated carbocycles. The van der Waals surface area contributed by atoms with Gasteiger partial charge in [-0.15, -0.1) is 5.11 Å². The van der Waals surface area contributed by atoms with E-state index in [1.54, 1.807) is 6.92 Å². The lowest BCUT2D eigenvalue weighted by Crippen LogP contribution is -2.19. The van der Waals surface area contributed by atoms with Gasteiger partial charge in [-0.1, -0.05) is 11.6 Å². The summed E-state index contributed by atoms with van der Waals surface area (Å²) in [6, 6.07) is 3.51. The van der Waals surface area contributed by atoms with Crippen molar-refractivity contribution in [2.45, 2.75) is 25.3 Å². The van der Waals surface area contributed by atoms with Crippen LogP contribution in [0.5, 0.6) is 5.88 Å². The van der Waals surface area contributed by atoms with Crippen molar-refractivity contribution in [1.82, 2.24) is 4.57 Å². The SMILES string of the molecule is CCn1c(O)c(Cl)c(C)c(N=Nc2ccc(S(=O)(=O)O)c(N)c2)c1=O. The molecule has 0 amide bonds. The Balaban J connectivity index is 2.53. The van der Waals surface area contributed by atoms with Crippen LogP contribution in [-0.2, 0) is 16.7 Å². The number of hydrogen-bond donors (Lipinski definition) is 3. The summed E-state index contributed by atoms with van der Waals surface area (Å²) in [5, 5.41) is 17.5. The minimum Gasteiger partial charge on any atom is -0.493 e. The van der Waals surface area contributed by atoms with Gasteiger partial charge in [-0.05, 0) is 32.0 Å². The van der Waals surface area contributed by atoms with Crippen LogP contribution >= 0.6 is 11.6 Å². The van der Waals surface area contributed by atoms with Crippen LogP contribution in [-0.4, -0.2) is 22.6 Å². The minimum atomic E-state index is -4.45. The number of nitrogens with zero attached hydrogens (tertiary/aromatic N) is 3. The fraction of sp³-hybridized carbons (Fsp3) is 0.214. The minimum absolute atomic E-state index is 0.0170. The predicted molar refractivity (Wildman–Crippen MR) is 92.6 cm³/mol. The van der Waals surface area contributed by atoms with Crippen LogP contribution in [0.2, 0.25) is 5.02 Å². The molecular weight excluding hydrogens is 372 g/mol. The Bertz CT molecular complexity index is 1030. The standard InChI is InChI=1S/C14H15ClN4O5S/c1-3-19-13(20)11(15)7(2)12(14(19)21)18-17-8-4-5-10(9(16)6-8)25(22,23)24/h4-6,20H,3,16H2,1-2H3,(H,22,23,24). The van der Waals surface area contributed by atoms with Crippen LogP contribution in [0.15, 0.2) is 38.1 Å². The van der Waals surface area contributed by atoms with Gasteiger partial charge in [0, 0.05) is 12.1 Å². The van der Waals surface area contributed by atoms with Crippen molar-refractivity contribution in [1.29, 1.82) is 0 Å². The number of aromatic nitrogens is 1. The molecule has 2 rings (SSSR count). The van der Waals surface area contributed by atoms with E-state index < -0.39 is 20.6 Å². The summed E-state index contributed by atoms with van der Waals surface area (Å²) in [6.45, 7) is 3.35. The molecule has 4 N–H and O–H groups in total. The summed E-state index contributed by atoms with van der Waals surface area (Å²) in [5.41, 5.74) is 5.12. The molecule has 1 heterocycles. The molecule has 134 valence electrons. The molecule has 0 bridgehead atoms. The average Bonchev–Trinajstić information content (AvgIpc) is 2.52. The van der Waals surface area contributed by atoms with E-state index in [2.05, 4.69) is 10.2 Å². The van der Waals surface area contributed by atoms with Crippen molar-refractivity contribution in [2.24, 2.45) is 10.2 Å². The Morgan fingerprint density at radius 3 is 2.48 bits per heavy atom. The van der Waals surface area contributed by atoms with Gasteiger partial charge >= 0.3 is 0 Å². The summed E-state index contributed by atoms with van der Waals surface area (Å²) in [7, 11) is -4.45. The normalized spacial score (nSPS) is 12.0. The van der Waals surface area contributed by atoms with E-state index in [-0.39, 0.29) is 40.1 Å². The molecule has 0 atom stereocenters. The van der Waals surface area contributed by atoms with E-state index in [1.807, 2.05) is 0 Å². The van der Waals surface area contributed by atoms with Crippen molar-refractivity contribution in [3.63, 3.8) is 0 Å². The molecule has 11 heteroatoms. The lowest BCUT2D eigenvalue weighted by molar-refractivity contribution is 0.411. The molecule has 2 aromatic rings. The number of nitrogens with two attached hydrogens (primary N) is 1. The van der Waals surface area contributed by atoms with Gasteiger partial charge in [0.25, 0.3) is 15.7 Å². The number of anilines is 1. The number of azo groups is 1. The first-order valence-corrected chi connectivity index (χ1v) is 8.80. The lowest BCUT2D eigenvalue weighted by Gasteiger charge is -2.10. The van der Waals surface area contributed by atoms with Crippen LogP contribution in [0.25, 0.3) is 0 Å². The number of pyridine rings is 1. The van der Waals surface area contributed by atoms with Gasteiger partial charge in [0.05, 0.1) is 11.4 Å². The lowest BCUT2D eigenvalue weighted by atomic mass is 10.2. The van der Waals surface area contributed by atoms with E-state index in [0.717, 1.165) is 10.6 Å². The van der Waals surface area contributed by atoms with Gasteiger partial charge in [-0.3, -0.25) is 13.9 Å². The van der Waals surface area contributed by atoms with Crippen LogP contribution < -0.4 is 11.3 Å². The van der Waals surface area contributed by atoms with E-state index in [4.69, 9.17) is 21.9 Å². The van der Waals surface area contributed by atoms with Crippen molar-refractivity contribution in [3.05, 3.63) is 39.1 Å². The van der Waals surface area contributed by atoms with Crippen molar-refractivity contribution < 1.29 is 18.1 Å². The Morgan fingerprint density at radius 2 is 1.96 bits per heavy atom. The third-order valence-corrected chi connectivity index (χ3v) is 4.82. The van der Waals surface area contributed by atoms with Gasteiger partial charge in [-0.25, -0.2) is 0 Å². The number of halogens is 1. The Hall–Kier alpha value is -2.43. The van der Waals surface area contributed by atoms with E-state index in [0.29, 0.717) is 0 Å². The van der Waals surface area contributed by atoms with Crippen LogP contribution in [0.1, 0.15) is 12.5 Å². The summed E-state index contributed by atoms with van der Waals surface area (Å²) in [5.74, 6) is -0.354. The molecule has 0 spiro atoms. The second-order valence-electron chi connectivity index (χ2n) is 5.06. The molecule has 0 radical (unpaired) electrons. The monoisotopic (exact) mass is 386 g/mol. The highest BCUT2D eigenvalue weighted by Crippen LogP contribution is 2.32. The second kappa shape index (κ2) is 6.82. The first-order chi connectivity index (χ1) is 11.6. The third kappa shape index (κ3) is 3.65. The van der Waals surface area contributed by atoms with Crippen molar-refractivity contribution in [2.75, 3.05) is 5.73 Å². The third-order valence-electron chi connectivity index (χ3n) is 3.44. The van der Waals surface area contributed by atoms with Crippen LogP contribution in [0, 0.1) is 6.92 Å². The number of hydrogen-bond acceptors (Lipinski definition) is 7. The van der Waals surface area contributed by atoms with Gasteiger partial charge in [-0.2, -0.15) is 13.5 Å². The molecule has 0 aliphatic rings. The molecule has 1 aromatic carbocycles. The van der Waals surface area contributed by atoms with Crippen LogP contribution in [0.4, 0.5) is 17.1 Å². The Morgan fingerprint density at radius 1 is 1.32 bits per heavy atom. The Kier molecular flexibility index (Phi) is 5.16. The first kappa shape index (κ1) is 18.9. The van der Waals surface area contributed by atoms with E-state index >= 15 is 0 Å². The van der Waals surface area contributed by atoms with E-state index in [9.17, 15) is 18.3 Å². The molecular formula is C14H15ClN4O5S. The molecule has 0 aliphatic carbocycles. The topological polar surface area (TPSA) is 147 Å². The highest BCUT2D eigenvalue weighted by atomic mass is 35.5. The Labute approximate surface area is 148 Å². The number of benzene rings is 1. The fourth-order valence-electron chi connectivity index (χ4n) is 2.13. The van der Waals surface area contributed by atoms with Crippen molar-refractivity contribution in [3.8, 4) is 5.88 Å². The number of nitrogen functional groups attached to an aromatic ring is 1. The van der Waals surface area contributed by atoms with Crippen LogP contribution in [0.3, 0.4) is 0 Å². The summed E-state index contributed by atoms with van der Waals surface area (Å²) < 4.78 is 32.3. The smallest absolute Gasteiger partial charge is 0.296 e. The highest BCUT2D eigenvalue weighted by Gasteiger charge is 2.17. The quantitative estimate of drug-likeness (QED) is 0.418. The molecule has 0 fully saturated rings. The molecule has 25 heavy (non-hydrogen) atoms. The second-order valence-corrected chi connectivity index (χ2v) is 6.83. The number of rotatable bonds is 4. The summed E-state index contributed by atoms with van der Waals surface area (Å²) >= 11 is 5.99. The zero-order valence-corrected chi connectivity index (χ0v) is 14.8. The maximum atomic E-state index is 12.3. The van der Waals surface area contributed by atoms with Gasteiger partial charge in [0.2, 0.25) is 5.88 Å². The average molecular weight is 387 g/mol. The molecule has 9 nitrogen and oxygen atoms in total. The molecule has 1 aromatic heterocycles. The van der Waals surface area contributed by atoms with Crippen molar-refractivity contribution >= 4 is 38.8 Å². The molecule has 0 saturated heterocycles. The first-order valence-electron chi connectivity index (χ1n) is 6.98.